The summed E-state index contributed by atoms with van der Waals surface area (Å²) in [6.07, 6.45) is 2.54. The Kier molecular flexibility index (Phi) is 8.15. The first kappa shape index (κ1) is 24.4. The van der Waals surface area contributed by atoms with Crippen molar-refractivity contribution in [3.63, 3.8) is 0 Å². The van der Waals surface area contributed by atoms with Crippen LogP contribution in [0, 0.1) is 0 Å². The third kappa shape index (κ3) is 5.56. The van der Waals surface area contributed by atoms with Gasteiger partial charge in [0.25, 0.3) is 11.7 Å². The van der Waals surface area contributed by atoms with Gasteiger partial charge in [0, 0.05) is 12.1 Å². The van der Waals surface area contributed by atoms with Crippen molar-refractivity contribution in [1.82, 2.24) is 4.90 Å². The maximum absolute atomic E-state index is 13.1. The van der Waals surface area contributed by atoms with Crippen LogP contribution < -0.4 is 9.47 Å². The number of aliphatic hydroxyl groups excluding tert-OH is 1. The van der Waals surface area contributed by atoms with Crippen LogP contribution in [0.25, 0.3) is 5.76 Å². The molecule has 0 radical (unpaired) electrons. The van der Waals surface area contributed by atoms with Gasteiger partial charge in [-0.05, 0) is 56.5 Å². The lowest BCUT2D eigenvalue weighted by Gasteiger charge is -2.25. The van der Waals surface area contributed by atoms with Gasteiger partial charge >= 0.3 is 0 Å². The highest BCUT2D eigenvalue weighted by Crippen LogP contribution is 2.40. The minimum Gasteiger partial charge on any atom is -0.507 e. The normalized spacial score (nSPS) is 17.6. The number of ether oxygens (including phenoxy) is 2. The lowest BCUT2D eigenvalue weighted by atomic mass is 9.95. The van der Waals surface area contributed by atoms with Gasteiger partial charge in [0.1, 0.15) is 17.3 Å². The fourth-order valence-electron chi connectivity index (χ4n) is 3.90. The third-order valence-corrected chi connectivity index (χ3v) is 5.44. The van der Waals surface area contributed by atoms with E-state index >= 15 is 0 Å². The molecule has 0 bridgehead atoms. The Morgan fingerprint density at radius 1 is 1.03 bits per heavy atom. The van der Waals surface area contributed by atoms with E-state index in [2.05, 4.69) is 0 Å². The molecular formula is C27H33NO5. The molecule has 176 valence electrons. The second kappa shape index (κ2) is 11.0. The Balaban J connectivity index is 2.06. The summed E-state index contributed by atoms with van der Waals surface area (Å²) in [7, 11) is 0. The minimum absolute atomic E-state index is 0.0354. The Morgan fingerprint density at radius 2 is 1.76 bits per heavy atom. The van der Waals surface area contributed by atoms with Crippen molar-refractivity contribution >= 4 is 17.4 Å². The quantitative estimate of drug-likeness (QED) is 0.294. The number of carbonyl (C=O) groups is 2. The molecule has 0 aromatic heterocycles. The Bertz CT molecular complexity index is 1010. The van der Waals surface area contributed by atoms with Gasteiger partial charge in [-0.1, -0.05) is 44.5 Å². The molecule has 1 heterocycles. The molecule has 1 aliphatic heterocycles. The van der Waals surface area contributed by atoms with Gasteiger partial charge in [0.05, 0.1) is 24.3 Å². The van der Waals surface area contributed by atoms with Crippen LogP contribution >= 0.6 is 0 Å². The number of likely N-dealkylation sites (tertiary alicyclic amines) is 1. The van der Waals surface area contributed by atoms with Crippen LogP contribution in [0.3, 0.4) is 0 Å². The van der Waals surface area contributed by atoms with Crippen LogP contribution in [0.1, 0.15) is 64.1 Å². The summed E-state index contributed by atoms with van der Waals surface area (Å²) in [5.74, 6) is -0.137. The largest absolute Gasteiger partial charge is 0.507 e. The first-order chi connectivity index (χ1) is 15.9. The number of Topliss-reactive ketones (excluding diaryl/α,β-unsaturated/α-hetero) is 1. The van der Waals surface area contributed by atoms with Crippen LogP contribution in [0.2, 0.25) is 0 Å². The Hall–Kier alpha value is -3.28. The molecule has 0 saturated carbocycles. The summed E-state index contributed by atoms with van der Waals surface area (Å²) in [6, 6.07) is 13.7. The number of rotatable bonds is 10. The predicted octanol–water partition coefficient (Wildman–Crippen LogP) is 5.48. The maximum Gasteiger partial charge on any atom is 0.295 e. The summed E-state index contributed by atoms with van der Waals surface area (Å²) in [5.41, 5.74) is 1.30. The number of aliphatic hydroxyl groups is 1. The fraction of sp³-hybridized carbons (Fsp3) is 0.407. The lowest BCUT2D eigenvalue weighted by molar-refractivity contribution is -0.139. The van der Waals surface area contributed by atoms with E-state index in [-0.39, 0.29) is 17.4 Å². The molecule has 1 aliphatic rings. The number of benzene rings is 2. The first-order valence-electron chi connectivity index (χ1n) is 11.7. The summed E-state index contributed by atoms with van der Waals surface area (Å²) in [6.45, 7) is 8.94. The Labute approximate surface area is 195 Å². The van der Waals surface area contributed by atoms with Crippen LogP contribution in [0.5, 0.6) is 11.5 Å². The van der Waals surface area contributed by atoms with Gasteiger partial charge in [0.2, 0.25) is 0 Å². The van der Waals surface area contributed by atoms with Crippen LogP contribution in [-0.4, -0.2) is 41.0 Å². The second-order valence-corrected chi connectivity index (χ2v) is 8.46. The van der Waals surface area contributed by atoms with Gasteiger partial charge in [-0.2, -0.15) is 0 Å². The minimum atomic E-state index is -0.670. The second-order valence-electron chi connectivity index (χ2n) is 8.46. The molecule has 0 spiro atoms. The average Bonchev–Trinajstić information content (AvgIpc) is 3.06. The van der Waals surface area contributed by atoms with E-state index in [0.717, 1.165) is 24.8 Å². The van der Waals surface area contributed by atoms with E-state index in [0.29, 0.717) is 30.2 Å². The van der Waals surface area contributed by atoms with Crippen LogP contribution in [0.4, 0.5) is 0 Å². The summed E-state index contributed by atoms with van der Waals surface area (Å²) in [4.78, 5) is 27.6. The van der Waals surface area contributed by atoms with E-state index in [4.69, 9.17) is 9.47 Å². The van der Waals surface area contributed by atoms with Crippen molar-refractivity contribution in [2.45, 2.75) is 59.1 Å². The molecule has 1 amide bonds. The molecule has 1 unspecified atom stereocenters. The molecule has 6 nitrogen and oxygen atoms in total. The molecule has 1 fully saturated rings. The smallest absolute Gasteiger partial charge is 0.295 e. The van der Waals surface area contributed by atoms with Crippen molar-refractivity contribution in [3.8, 4) is 11.5 Å². The maximum atomic E-state index is 13.1. The van der Waals surface area contributed by atoms with Crippen LogP contribution in [0.15, 0.2) is 54.1 Å². The zero-order chi connectivity index (χ0) is 24.0. The number of ketones is 1. The molecule has 2 aromatic carbocycles. The third-order valence-electron chi connectivity index (χ3n) is 5.44. The van der Waals surface area contributed by atoms with Crippen molar-refractivity contribution in [2.24, 2.45) is 0 Å². The standard InChI is InChI=1S/C27H33NO5/c1-5-7-15-28-24(19-11-13-21(14-12-19)33-18(3)4)23(26(30)27(28)31)25(29)20-9-8-10-22(17-20)32-16-6-2/h8-14,17-18,24,29H,5-7,15-16H2,1-4H3/b25-23-. The van der Waals surface area contributed by atoms with Crippen molar-refractivity contribution < 1.29 is 24.2 Å². The first-order valence-corrected chi connectivity index (χ1v) is 11.7. The molecular weight excluding hydrogens is 418 g/mol. The van der Waals surface area contributed by atoms with E-state index in [1.807, 2.05) is 52.0 Å². The summed E-state index contributed by atoms with van der Waals surface area (Å²) in [5, 5.41) is 11.2. The molecule has 1 saturated heterocycles. The highest BCUT2D eigenvalue weighted by Gasteiger charge is 2.45. The highest BCUT2D eigenvalue weighted by atomic mass is 16.5. The van der Waals surface area contributed by atoms with Crippen molar-refractivity contribution in [2.75, 3.05) is 13.2 Å². The Morgan fingerprint density at radius 3 is 2.39 bits per heavy atom. The molecule has 0 aliphatic carbocycles. The molecule has 3 rings (SSSR count). The zero-order valence-corrected chi connectivity index (χ0v) is 19.8. The van der Waals surface area contributed by atoms with Crippen molar-refractivity contribution in [3.05, 3.63) is 65.2 Å². The topological polar surface area (TPSA) is 76.1 Å². The van der Waals surface area contributed by atoms with E-state index in [1.54, 1.807) is 29.2 Å². The molecule has 6 heteroatoms. The lowest BCUT2D eigenvalue weighted by Crippen LogP contribution is -2.30. The highest BCUT2D eigenvalue weighted by molar-refractivity contribution is 6.46. The summed E-state index contributed by atoms with van der Waals surface area (Å²) >= 11 is 0. The predicted molar refractivity (Wildman–Crippen MR) is 128 cm³/mol. The number of unbranched alkanes of at least 4 members (excludes halogenated alkanes) is 1. The van der Waals surface area contributed by atoms with Gasteiger partial charge in [-0.15, -0.1) is 0 Å². The van der Waals surface area contributed by atoms with Gasteiger partial charge in [-0.3, -0.25) is 9.59 Å². The van der Waals surface area contributed by atoms with Crippen molar-refractivity contribution in [1.29, 1.82) is 0 Å². The average molecular weight is 452 g/mol. The SMILES string of the molecule is CCCCN1C(=O)C(=O)/C(=C(\O)c2cccc(OCCC)c2)C1c1ccc(OC(C)C)cc1. The molecule has 33 heavy (non-hydrogen) atoms. The molecule has 1 N–H and O–H groups in total. The molecule has 2 aromatic rings. The fourth-order valence-corrected chi connectivity index (χ4v) is 3.90. The van der Waals surface area contributed by atoms with E-state index in [9.17, 15) is 14.7 Å². The summed E-state index contributed by atoms with van der Waals surface area (Å²) < 4.78 is 11.4. The van der Waals surface area contributed by atoms with E-state index in [1.165, 1.54) is 0 Å². The van der Waals surface area contributed by atoms with Gasteiger partial charge in [0.15, 0.2) is 0 Å². The monoisotopic (exact) mass is 451 g/mol. The van der Waals surface area contributed by atoms with Gasteiger partial charge in [-0.25, -0.2) is 0 Å². The van der Waals surface area contributed by atoms with Crippen LogP contribution in [-0.2, 0) is 9.59 Å². The van der Waals surface area contributed by atoms with Gasteiger partial charge < -0.3 is 19.5 Å². The molecule has 1 atom stereocenters. The number of hydrogen-bond donors (Lipinski definition) is 1. The number of carbonyl (C=O) groups excluding carboxylic acids is 2. The number of amides is 1. The number of nitrogens with zero attached hydrogens (tertiary/aromatic N) is 1. The zero-order valence-electron chi connectivity index (χ0n) is 19.8. The van der Waals surface area contributed by atoms with E-state index < -0.39 is 17.7 Å². The number of hydrogen-bond acceptors (Lipinski definition) is 5.